The molecule has 1 N–H and O–H groups in total. The first-order valence-corrected chi connectivity index (χ1v) is 5.79. The summed E-state index contributed by atoms with van der Waals surface area (Å²) in [4.78, 5) is 23.4. The third-order valence-corrected chi connectivity index (χ3v) is 2.61. The third-order valence-electron chi connectivity index (χ3n) is 2.61. The van der Waals surface area contributed by atoms with Crippen molar-refractivity contribution in [2.24, 2.45) is 0 Å². The number of aromatic nitrogens is 3. The van der Waals surface area contributed by atoms with Gasteiger partial charge in [0.1, 0.15) is 18.9 Å². The number of carbonyl (C=O) groups is 2. The van der Waals surface area contributed by atoms with E-state index >= 15 is 0 Å². The maximum atomic E-state index is 11.9. The molecule has 0 fully saturated rings. The van der Waals surface area contributed by atoms with E-state index in [-0.39, 0.29) is 24.1 Å². The summed E-state index contributed by atoms with van der Waals surface area (Å²) < 4.78 is 1.33. The molecule has 0 aliphatic rings. The second kappa shape index (κ2) is 5.75. The fourth-order valence-corrected chi connectivity index (χ4v) is 1.70. The molecule has 0 bridgehead atoms. The van der Waals surface area contributed by atoms with Crippen molar-refractivity contribution in [1.29, 1.82) is 5.26 Å². The summed E-state index contributed by atoms with van der Waals surface area (Å²) >= 11 is 0. The molecule has 0 saturated carbocycles. The van der Waals surface area contributed by atoms with E-state index in [2.05, 4.69) is 15.5 Å². The van der Waals surface area contributed by atoms with Gasteiger partial charge >= 0.3 is 0 Å². The molecule has 0 saturated heterocycles. The molecule has 0 aliphatic carbocycles. The van der Waals surface area contributed by atoms with Gasteiger partial charge in [0.2, 0.25) is 11.7 Å². The van der Waals surface area contributed by atoms with Crippen molar-refractivity contribution in [2.75, 3.05) is 5.32 Å². The molecule has 0 aliphatic heterocycles. The van der Waals surface area contributed by atoms with Crippen LogP contribution in [0, 0.1) is 11.3 Å². The van der Waals surface area contributed by atoms with Crippen LogP contribution in [-0.4, -0.2) is 26.5 Å². The molecule has 7 nitrogen and oxygen atoms in total. The van der Waals surface area contributed by atoms with Gasteiger partial charge < -0.3 is 5.32 Å². The van der Waals surface area contributed by atoms with Gasteiger partial charge in [0, 0.05) is 5.56 Å². The fourth-order valence-electron chi connectivity index (χ4n) is 1.70. The molecule has 1 amide bonds. The third kappa shape index (κ3) is 2.87. The summed E-state index contributed by atoms with van der Waals surface area (Å²) in [6.07, 6.45) is 1.30. The van der Waals surface area contributed by atoms with E-state index in [1.165, 1.54) is 17.8 Å². The first kappa shape index (κ1) is 13.4. The Morgan fingerprint density at radius 1 is 1.40 bits per heavy atom. The van der Waals surface area contributed by atoms with Crippen molar-refractivity contribution in [2.45, 2.75) is 13.5 Å². The zero-order chi connectivity index (χ0) is 14.5. The number of Topliss-reactive ketones (excluding diaryl/α,β-unsaturated/α-hetero) is 1. The van der Waals surface area contributed by atoms with E-state index in [9.17, 15) is 9.59 Å². The van der Waals surface area contributed by atoms with Crippen molar-refractivity contribution in [3.8, 4) is 6.07 Å². The van der Waals surface area contributed by atoms with Gasteiger partial charge in [-0.2, -0.15) is 5.26 Å². The fraction of sp³-hybridized carbons (Fsp3) is 0.154. The normalized spacial score (nSPS) is 9.80. The van der Waals surface area contributed by atoms with Gasteiger partial charge in [0.15, 0.2) is 5.78 Å². The van der Waals surface area contributed by atoms with Crippen molar-refractivity contribution in [1.82, 2.24) is 14.8 Å². The number of hydrogen-bond acceptors (Lipinski definition) is 5. The summed E-state index contributed by atoms with van der Waals surface area (Å²) in [5, 5.41) is 18.5. The lowest BCUT2D eigenvalue weighted by Gasteiger charge is -2.09. The summed E-state index contributed by atoms with van der Waals surface area (Å²) in [6, 6.07) is 8.56. The Balaban J connectivity index is 2.13. The zero-order valence-corrected chi connectivity index (χ0v) is 10.7. The van der Waals surface area contributed by atoms with Crippen LogP contribution in [0.15, 0.2) is 30.6 Å². The highest BCUT2D eigenvalue weighted by molar-refractivity contribution is 6.03. The average molecular weight is 269 g/mol. The van der Waals surface area contributed by atoms with Gasteiger partial charge in [-0.25, -0.2) is 0 Å². The second-order valence-electron chi connectivity index (χ2n) is 4.04. The smallest absolute Gasteiger partial charge is 0.244 e. The van der Waals surface area contributed by atoms with Crippen LogP contribution in [0.25, 0.3) is 0 Å². The SMILES string of the molecule is CC(=O)c1ccccc1NC(=O)Cn1cnnc1C#N. The summed E-state index contributed by atoms with van der Waals surface area (Å²) in [7, 11) is 0. The molecule has 7 heteroatoms. The number of ketones is 1. The highest BCUT2D eigenvalue weighted by Gasteiger charge is 2.11. The highest BCUT2D eigenvalue weighted by atomic mass is 16.2. The zero-order valence-electron chi connectivity index (χ0n) is 10.7. The number of anilines is 1. The Labute approximate surface area is 114 Å². The second-order valence-corrected chi connectivity index (χ2v) is 4.04. The maximum absolute atomic E-state index is 11.9. The van der Waals surface area contributed by atoms with Crippen LogP contribution in [0.3, 0.4) is 0 Å². The van der Waals surface area contributed by atoms with Crippen molar-refractivity contribution in [3.05, 3.63) is 42.0 Å². The lowest BCUT2D eigenvalue weighted by molar-refractivity contribution is -0.116. The van der Waals surface area contributed by atoms with Crippen molar-refractivity contribution in [3.63, 3.8) is 0 Å². The predicted octanol–water partition coefficient (Wildman–Crippen LogP) is 0.991. The standard InChI is InChI=1S/C13H11N5O2/c1-9(19)10-4-2-3-5-11(10)16-13(20)7-18-8-15-17-12(18)6-14/h2-5,8H,7H2,1H3,(H,16,20). The van der Waals surface area contributed by atoms with E-state index in [0.29, 0.717) is 11.3 Å². The number of benzene rings is 1. The number of amides is 1. The summed E-state index contributed by atoms with van der Waals surface area (Å²) in [5.74, 6) is -0.446. The van der Waals surface area contributed by atoms with Gasteiger partial charge in [-0.3, -0.25) is 14.2 Å². The largest absolute Gasteiger partial charge is 0.324 e. The monoisotopic (exact) mass is 269 g/mol. The first-order chi connectivity index (χ1) is 9.61. The van der Waals surface area contributed by atoms with Crippen LogP contribution >= 0.6 is 0 Å². The average Bonchev–Trinajstić information content (AvgIpc) is 2.86. The Kier molecular flexibility index (Phi) is 3.86. The molecule has 0 spiro atoms. The number of hydrogen-bond donors (Lipinski definition) is 1. The number of carbonyl (C=O) groups excluding carboxylic acids is 2. The van der Waals surface area contributed by atoms with Gasteiger partial charge in [0.25, 0.3) is 0 Å². The molecule has 100 valence electrons. The van der Waals surface area contributed by atoms with E-state index in [1.807, 2.05) is 6.07 Å². The maximum Gasteiger partial charge on any atom is 0.244 e. The minimum Gasteiger partial charge on any atom is -0.324 e. The van der Waals surface area contributed by atoms with Gasteiger partial charge in [-0.15, -0.1) is 10.2 Å². The van der Waals surface area contributed by atoms with E-state index in [0.717, 1.165) is 0 Å². The summed E-state index contributed by atoms with van der Waals surface area (Å²) in [5.41, 5.74) is 0.877. The predicted molar refractivity (Wildman–Crippen MR) is 69.8 cm³/mol. The molecular formula is C13H11N5O2. The topological polar surface area (TPSA) is 101 Å². The van der Waals surface area contributed by atoms with Crippen LogP contribution in [0.1, 0.15) is 23.1 Å². The minimum atomic E-state index is -0.366. The Hall–Kier alpha value is -3.01. The minimum absolute atomic E-state index is 0.0556. The summed E-state index contributed by atoms with van der Waals surface area (Å²) in [6.45, 7) is 1.33. The molecule has 0 unspecified atom stereocenters. The van der Waals surface area contributed by atoms with Gasteiger partial charge in [-0.1, -0.05) is 12.1 Å². The van der Waals surface area contributed by atoms with E-state index in [4.69, 9.17) is 5.26 Å². The van der Waals surface area contributed by atoms with Crippen LogP contribution in [0.2, 0.25) is 0 Å². The Morgan fingerprint density at radius 2 is 2.15 bits per heavy atom. The molecule has 1 aromatic heterocycles. The number of para-hydroxylation sites is 1. The highest BCUT2D eigenvalue weighted by Crippen LogP contribution is 2.15. The van der Waals surface area contributed by atoms with Crippen LogP contribution < -0.4 is 5.32 Å². The molecule has 2 aromatic rings. The molecule has 1 aromatic carbocycles. The number of nitrogens with one attached hydrogen (secondary N) is 1. The van der Waals surface area contributed by atoms with E-state index < -0.39 is 0 Å². The molecule has 1 heterocycles. The van der Waals surface area contributed by atoms with Crippen molar-refractivity contribution >= 4 is 17.4 Å². The Bertz CT molecular complexity index is 699. The molecule has 0 radical (unpaired) electrons. The van der Waals surface area contributed by atoms with Gasteiger partial charge in [0.05, 0.1) is 5.69 Å². The quantitative estimate of drug-likeness (QED) is 0.834. The first-order valence-electron chi connectivity index (χ1n) is 5.79. The Morgan fingerprint density at radius 3 is 2.85 bits per heavy atom. The lowest BCUT2D eigenvalue weighted by atomic mass is 10.1. The van der Waals surface area contributed by atoms with Gasteiger partial charge in [-0.05, 0) is 19.1 Å². The number of nitrogens with zero attached hydrogens (tertiary/aromatic N) is 4. The molecule has 0 atom stereocenters. The van der Waals surface area contributed by atoms with Crippen molar-refractivity contribution < 1.29 is 9.59 Å². The van der Waals surface area contributed by atoms with E-state index in [1.54, 1.807) is 24.3 Å². The number of nitriles is 1. The molecule has 20 heavy (non-hydrogen) atoms. The van der Waals surface area contributed by atoms with Crippen LogP contribution in [0.4, 0.5) is 5.69 Å². The van der Waals surface area contributed by atoms with Crippen LogP contribution in [-0.2, 0) is 11.3 Å². The molecular weight excluding hydrogens is 258 g/mol. The number of rotatable bonds is 4. The lowest BCUT2D eigenvalue weighted by Crippen LogP contribution is -2.20. The molecule has 2 rings (SSSR count). The van der Waals surface area contributed by atoms with Crippen LogP contribution in [0.5, 0.6) is 0 Å².